The van der Waals surface area contributed by atoms with Gasteiger partial charge in [-0.05, 0) is 43.5 Å². The number of para-hydroxylation sites is 1. The summed E-state index contributed by atoms with van der Waals surface area (Å²) < 4.78 is 6.73. The van der Waals surface area contributed by atoms with Gasteiger partial charge in [0.2, 0.25) is 11.4 Å². The highest BCUT2D eigenvalue weighted by atomic mass is 32.1. The van der Waals surface area contributed by atoms with Gasteiger partial charge in [-0.15, -0.1) is 11.3 Å². The molecule has 5 nitrogen and oxygen atoms in total. The Balaban J connectivity index is 1.72. The summed E-state index contributed by atoms with van der Waals surface area (Å²) in [6.07, 6.45) is 3.77. The first-order chi connectivity index (χ1) is 17.0. The number of thiazole rings is 2. The minimum atomic E-state index is -0.141. The Morgan fingerprint density at radius 2 is 1.74 bits per heavy atom. The van der Waals surface area contributed by atoms with Gasteiger partial charge in [0.25, 0.3) is 10.6 Å². The number of aryl methyl sites for hydroxylation is 1. The Kier molecular flexibility index (Phi) is 6.36. The Bertz CT molecular complexity index is 1730. The van der Waals surface area contributed by atoms with Crippen molar-refractivity contribution in [3.8, 4) is 0 Å². The molecule has 35 heavy (non-hydrogen) atoms. The predicted octanol–water partition coefficient (Wildman–Crippen LogP) is 4.22. The number of carbonyl (C=O) groups is 1. The van der Waals surface area contributed by atoms with Gasteiger partial charge in [-0.3, -0.25) is 19.1 Å². The van der Waals surface area contributed by atoms with E-state index in [0.717, 1.165) is 21.9 Å². The summed E-state index contributed by atoms with van der Waals surface area (Å²) in [5.74, 6) is -0.141. The maximum atomic E-state index is 13.3. The van der Waals surface area contributed by atoms with E-state index in [1.807, 2.05) is 37.3 Å². The minimum Gasteiger partial charge on any atom is -0.299 e. The molecule has 0 aliphatic heterocycles. The second-order valence-corrected chi connectivity index (χ2v) is 10.3. The van der Waals surface area contributed by atoms with E-state index in [2.05, 4.69) is 54.0 Å². The molecule has 2 heterocycles. The average molecular weight is 501 g/mol. The van der Waals surface area contributed by atoms with E-state index in [4.69, 9.17) is 0 Å². The molecular weight excluding hydrogens is 474 g/mol. The van der Waals surface area contributed by atoms with Crippen LogP contribution in [0.1, 0.15) is 25.8 Å². The van der Waals surface area contributed by atoms with Gasteiger partial charge in [0, 0.05) is 25.4 Å². The molecule has 5 rings (SSSR count). The van der Waals surface area contributed by atoms with Gasteiger partial charge in [0.15, 0.2) is 0 Å². The molecule has 0 fully saturated rings. The second kappa shape index (κ2) is 9.60. The first kappa shape index (κ1) is 23.2. The van der Waals surface area contributed by atoms with Gasteiger partial charge in [-0.25, -0.2) is 0 Å². The monoisotopic (exact) mass is 500 g/mol. The normalized spacial score (nSPS) is 12.7. The molecule has 176 valence electrons. The van der Waals surface area contributed by atoms with Gasteiger partial charge >= 0.3 is 0 Å². The number of carbonyl (C=O) groups excluding carboxylic acids is 1. The van der Waals surface area contributed by atoms with Crippen LogP contribution in [-0.4, -0.2) is 10.5 Å². The number of anilines is 1. The molecule has 2 aromatic heterocycles. The third-order valence-electron chi connectivity index (χ3n) is 6.05. The van der Waals surface area contributed by atoms with E-state index in [9.17, 15) is 9.59 Å². The zero-order valence-corrected chi connectivity index (χ0v) is 21.5. The molecule has 0 aliphatic carbocycles. The highest BCUT2D eigenvalue weighted by molar-refractivity contribution is 7.19. The Labute approximate surface area is 211 Å². The van der Waals surface area contributed by atoms with Gasteiger partial charge in [-0.2, -0.15) is 4.57 Å². The smallest absolute Gasteiger partial charge is 0.270 e. The number of hydrogen-bond acceptors (Lipinski definition) is 4. The standard InChI is InChI=1S/C28H26N3O2S2/c1-4-29-25(34-23-16-15-20-11-9-10-14-22(20)27(23)29)17-26-30(5-2)28(33)24(35-26)18-31(19(3)32)21-12-7-6-8-13-21/h6-18H,4-5H2,1-3H3/q+1. The summed E-state index contributed by atoms with van der Waals surface area (Å²) in [7, 11) is 0. The van der Waals surface area contributed by atoms with E-state index in [1.54, 1.807) is 22.1 Å². The molecule has 0 bridgehead atoms. The molecule has 0 atom stereocenters. The quantitative estimate of drug-likeness (QED) is 0.339. The van der Waals surface area contributed by atoms with Crippen molar-refractivity contribution in [1.82, 2.24) is 4.57 Å². The Hall–Kier alpha value is -3.55. The van der Waals surface area contributed by atoms with Gasteiger partial charge in [0.05, 0.1) is 11.5 Å². The number of amides is 1. The molecule has 3 aromatic carbocycles. The lowest BCUT2D eigenvalue weighted by atomic mass is 10.1. The van der Waals surface area contributed by atoms with Crippen LogP contribution >= 0.6 is 22.7 Å². The summed E-state index contributed by atoms with van der Waals surface area (Å²) in [4.78, 5) is 27.2. The molecule has 0 N–H and O–H groups in total. The third kappa shape index (κ3) is 4.22. The van der Waals surface area contributed by atoms with Crippen molar-refractivity contribution in [3.05, 3.63) is 91.3 Å². The minimum absolute atomic E-state index is 0.0828. The molecule has 0 radical (unpaired) electrons. The van der Waals surface area contributed by atoms with E-state index in [-0.39, 0.29) is 11.5 Å². The number of aromatic nitrogens is 2. The van der Waals surface area contributed by atoms with Crippen molar-refractivity contribution in [2.45, 2.75) is 33.9 Å². The third-order valence-corrected chi connectivity index (χ3v) is 8.19. The lowest BCUT2D eigenvalue weighted by molar-refractivity contribution is -0.664. The summed E-state index contributed by atoms with van der Waals surface area (Å²) in [5.41, 5.74) is 1.88. The summed E-state index contributed by atoms with van der Waals surface area (Å²) in [5, 5.41) is 3.55. The van der Waals surface area contributed by atoms with Crippen LogP contribution in [0.4, 0.5) is 5.69 Å². The number of hydrogen-bond donors (Lipinski definition) is 0. The van der Waals surface area contributed by atoms with E-state index in [0.29, 0.717) is 11.1 Å². The van der Waals surface area contributed by atoms with Crippen molar-refractivity contribution in [2.75, 3.05) is 4.90 Å². The molecule has 0 saturated carbocycles. The maximum Gasteiger partial charge on any atom is 0.270 e. The molecule has 0 unspecified atom stereocenters. The van der Waals surface area contributed by atoms with Gasteiger partial charge in [0.1, 0.15) is 20.4 Å². The first-order valence-electron chi connectivity index (χ1n) is 11.6. The number of nitrogens with zero attached hydrogens (tertiary/aromatic N) is 3. The van der Waals surface area contributed by atoms with Crippen LogP contribution < -0.4 is 24.2 Å². The largest absolute Gasteiger partial charge is 0.299 e. The van der Waals surface area contributed by atoms with Crippen molar-refractivity contribution in [2.24, 2.45) is 0 Å². The number of benzene rings is 3. The highest BCUT2D eigenvalue weighted by Crippen LogP contribution is 2.28. The maximum absolute atomic E-state index is 13.3. The fourth-order valence-corrected chi connectivity index (χ4v) is 6.71. The zero-order valence-electron chi connectivity index (χ0n) is 19.9. The summed E-state index contributed by atoms with van der Waals surface area (Å²) >= 11 is 3.15. The van der Waals surface area contributed by atoms with E-state index in [1.165, 1.54) is 44.1 Å². The van der Waals surface area contributed by atoms with Crippen LogP contribution in [0.5, 0.6) is 0 Å². The van der Waals surface area contributed by atoms with E-state index >= 15 is 0 Å². The molecule has 7 heteroatoms. The summed E-state index contributed by atoms with van der Waals surface area (Å²) in [6.45, 7) is 7.01. The molecule has 1 amide bonds. The van der Waals surface area contributed by atoms with Crippen molar-refractivity contribution >= 4 is 67.5 Å². The molecule has 5 aromatic rings. The van der Waals surface area contributed by atoms with Crippen LogP contribution in [0.15, 0.2) is 71.5 Å². The second-order valence-electron chi connectivity index (χ2n) is 8.17. The van der Waals surface area contributed by atoms with Crippen molar-refractivity contribution < 1.29 is 9.36 Å². The lowest BCUT2D eigenvalue weighted by Gasteiger charge is -2.15. The van der Waals surface area contributed by atoms with Crippen molar-refractivity contribution in [3.63, 3.8) is 0 Å². The van der Waals surface area contributed by atoms with Crippen LogP contribution in [0.25, 0.3) is 33.3 Å². The number of rotatable bonds is 5. The van der Waals surface area contributed by atoms with Gasteiger partial charge < -0.3 is 0 Å². The van der Waals surface area contributed by atoms with Crippen LogP contribution in [0.2, 0.25) is 0 Å². The molecular formula is C28H26N3O2S2+. The van der Waals surface area contributed by atoms with Crippen molar-refractivity contribution in [1.29, 1.82) is 0 Å². The highest BCUT2D eigenvalue weighted by Gasteiger charge is 2.20. The predicted molar refractivity (Wildman–Crippen MR) is 146 cm³/mol. The Morgan fingerprint density at radius 3 is 2.46 bits per heavy atom. The van der Waals surface area contributed by atoms with Gasteiger partial charge in [-0.1, -0.05) is 53.8 Å². The van der Waals surface area contributed by atoms with E-state index < -0.39 is 0 Å². The molecule has 0 aliphatic rings. The Morgan fingerprint density at radius 1 is 1.00 bits per heavy atom. The SMILES string of the molecule is CCn1c(=O)c(=CN(C(C)=O)c2ccccc2)s/c1=C/c1sc2ccc3ccccc3c2[n+]1CC. The first-order valence-corrected chi connectivity index (χ1v) is 13.3. The fourth-order valence-electron chi connectivity index (χ4n) is 4.39. The molecule has 0 saturated heterocycles. The van der Waals surface area contributed by atoms with Crippen LogP contribution in [0.3, 0.4) is 0 Å². The zero-order chi connectivity index (χ0) is 24.5. The lowest BCUT2D eigenvalue weighted by Crippen LogP contribution is -2.35. The van der Waals surface area contributed by atoms with Crippen LogP contribution in [0, 0.1) is 0 Å². The fraction of sp³-hybridized carbons (Fsp3) is 0.179. The average Bonchev–Trinajstić information content (AvgIpc) is 3.38. The van der Waals surface area contributed by atoms with Crippen LogP contribution in [-0.2, 0) is 17.9 Å². The topological polar surface area (TPSA) is 46.2 Å². The molecule has 0 spiro atoms. The number of fused-ring (bicyclic) bond motifs is 3. The summed E-state index contributed by atoms with van der Waals surface area (Å²) in [6, 6.07) is 22.2.